The number of tetrazole rings is 1. The monoisotopic (exact) mass is 307 g/mol. The van der Waals surface area contributed by atoms with Gasteiger partial charge in [0, 0.05) is 5.69 Å². The van der Waals surface area contributed by atoms with Gasteiger partial charge in [0.1, 0.15) is 6.33 Å². The second kappa shape index (κ2) is 6.00. The Kier molecular flexibility index (Phi) is 3.89. The molecule has 6 nitrogen and oxygen atoms in total. The molecule has 1 N–H and O–H groups in total. The van der Waals surface area contributed by atoms with Gasteiger partial charge in [0.2, 0.25) is 5.91 Å². The highest BCUT2D eigenvalue weighted by atomic mass is 16.2. The van der Waals surface area contributed by atoms with Crippen molar-refractivity contribution in [2.24, 2.45) is 0 Å². The number of hydrogen-bond acceptors (Lipinski definition) is 4. The maximum atomic E-state index is 12.6. The van der Waals surface area contributed by atoms with Crippen molar-refractivity contribution in [1.82, 2.24) is 20.2 Å². The lowest BCUT2D eigenvalue weighted by atomic mass is 9.83. The zero-order valence-electron chi connectivity index (χ0n) is 13.0. The normalized spacial score (nSPS) is 11.2. The van der Waals surface area contributed by atoms with Crippen molar-refractivity contribution < 1.29 is 4.79 Å². The SMILES string of the molecule is CC(C)(C(=O)Nc1ccc(-n2cnnn2)cc1)c1ccccc1. The number of nitrogens with zero attached hydrogens (tertiary/aromatic N) is 4. The first-order chi connectivity index (χ1) is 11.1. The number of rotatable bonds is 4. The molecule has 0 saturated heterocycles. The number of carbonyl (C=O) groups is 1. The Balaban J connectivity index is 1.75. The fourth-order valence-corrected chi connectivity index (χ4v) is 2.25. The smallest absolute Gasteiger partial charge is 0.234 e. The molecule has 2 aromatic carbocycles. The van der Waals surface area contributed by atoms with Gasteiger partial charge in [0.15, 0.2) is 0 Å². The van der Waals surface area contributed by atoms with E-state index in [1.54, 1.807) is 4.68 Å². The van der Waals surface area contributed by atoms with Gasteiger partial charge in [0.25, 0.3) is 0 Å². The lowest BCUT2D eigenvalue weighted by Gasteiger charge is -2.24. The summed E-state index contributed by atoms with van der Waals surface area (Å²) in [6, 6.07) is 17.1. The topological polar surface area (TPSA) is 72.7 Å². The molecular formula is C17H17N5O. The Labute approximate surface area is 134 Å². The van der Waals surface area contributed by atoms with E-state index in [9.17, 15) is 4.79 Å². The summed E-state index contributed by atoms with van der Waals surface area (Å²) in [7, 11) is 0. The summed E-state index contributed by atoms with van der Waals surface area (Å²) in [5.74, 6) is -0.0566. The molecule has 0 fully saturated rings. The van der Waals surface area contributed by atoms with Crippen LogP contribution < -0.4 is 5.32 Å². The Morgan fingerprint density at radius 2 is 1.74 bits per heavy atom. The Hall–Kier alpha value is -3.02. The molecule has 0 saturated carbocycles. The molecule has 3 rings (SSSR count). The predicted octanol–water partition coefficient (Wildman–Crippen LogP) is 2.58. The summed E-state index contributed by atoms with van der Waals surface area (Å²) in [4.78, 5) is 12.6. The van der Waals surface area contributed by atoms with Crippen molar-refractivity contribution in [1.29, 1.82) is 0 Å². The van der Waals surface area contributed by atoms with Crippen LogP contribution >= 0.6 is 0 Å². The van der Waals surface area contributed by atoms with Gasteiger partial charge < -0.3 is 5.32 Å². The van der Waals surface area contributed by atoms with Crippen molar-refractivity contribution in [2.75, 3.05) is 5.32 Å². The molecule has 1 amide bonds. The van der Waals surface area contributed by atoms with Crippen molar-refractivity contribution in [3.05, 3.63) is 66.5 Å². The summed E-state index contributed by atoms with van der Waals surface area (Å²) < 4.78 is 1.56. The molecule has 3 aromatic rings. The van der Waals surface area contributed by atoms with Gasteiger partial charge in [-0.05, 0) is 54.1 Å². The Morgan fingerprint density at radius 3 is 2.35 bits per heavy atom. The van der Waals surface area contributed by atoms with Crippen LogP contribution in [0.2, 0.25) is 0 Å². The predicted molar refractivity (Wildman–Crippen MR) is 87.3 cm³/mol. The standard InChI is InChI=1S/C17H17N5O/c1-17(2,13-6-4-3-5-7-13)16(23)19-14-8-10-15(11-9-14)22-12-18-20-21-22/h3-12H,1-2H3,(H,19,23). The van der Waals surface area contributed by atoms with Crippen LogP contribution in [0.25, 0.3) is 5.69 Å². The second-order valence-corrected chi connectivity index (χ2v) is 5.75. The molecule has 23 heavy (non-hydrogen) atoms. The number of carbonyl (C=O) groups excluding carboxylic acids is 1. The van der Waals surface area contributed by atoms with Gasteiger partial charge in [-0.1, -0.05) is 30.3 Å². The average Bonchev–Trinajstić information content (AvgIpc) is 3.11. The number of hydrogen-bond donors (Lipinski definition) is 1. The average molecular weight is 307 g/mol. The van der Waals surface area contributed by atoms with E-state index in [1.807, 2.05) is 68.4 Å². The van der Waals surface area contributed by atoms with Crippen LogP contribution in [0.5, 0.6) is 0 Å². The minimum Gasteiger partial charge on any atom is -0.325 e. The van der Waals surface area contributed by atoms with Crippen LogP contribution in [0.4, 0.5) is 5.69 Å². The number of benzene rings is 2. The van der Waals surface area contributed by atoms with E-state index in [0.717, 1.165) is 16.9 Å². The van der Waals surface area contributed by atoms with E-state index in [0.29, 0.717) is 0 Å². The van der Waals surface area contributed by atoms with E-state index in [-0.39, 0.29) is 5.91 Å². The quantitative estimate of drug-likeness (QED) is 0.804. The third-order valence-corrected chi connectivity index (χ3v) is 3.80. The van der Waals surface area contributed by atoms with Crippen molar-refractivity contribution in [2.45, 2.75) is 19.3 Å². The lowest BCUT2D eigenvalue weighted by molar-refractivity contribution is -0.120. The van der Waals surface area contributed by atoms with Gasteiger partial charge in [-0.2, -0.15) is 0 Å². The van der Waals surface area contributed by atoms with Gasteiger partial charge in [-0.3, -0.25) is 4.79 Å². The minimum atomic E-state index is -0.615. The largest absolute Gasteiger partial charge is 0.325 e. The fraction of sp³-hybridized carbons (Fsp3) is 0.176. The van der Waals surface area contributed by atoms with Crippen molar-refractivity contribution >= 4 is 11.6 Å². The number of aromatic nitrogens is 4. The molecule has 1 heterocycles. The van der Waals surface area contributed by atoms with Crippen LogP contribution in [-0.2, 0) is 10.2 Å². The third-order valence-electron chi connectivity index (χ3n) is 3.80. The molecule has 0 radical (unpaired) electrons. The summed E-state index contributed by atoms with van der Waals surface area (Å²) in [5.41, 5.74) is 1.92. The van der Waals surface area contributed by atoms with Crippen molar-refractivity contribution in [3.8, 4) is 5.69 Å². The molecule has 116 valence electrons. The molecule has 0 aliphatic rings. The second-order valence-electron chi connectivity index (χ2n) is 5.75. The van der Waals surface area contributed by atoms with E-state index in [4.69, 9.17) is 0 Å². The number of nitrogens with one attached hydrogen (secondary N) is 1. The first-order valence-electron chi connectivity index (χ1n) is 7.28. The summed E-state index contributed by atoms with van der Waals surface area (Å²) in [6.07, 6.45) is 1.52. The molecule has 0 aliphatic heterocycles. The van der Waals surface area contributed by atoms with Crippen LogP contribution in [0.1, 0.15) is 19.4 Å². The molecule has 0 aliphatic carbocycles. The molecule has 6 heteroatoms. The van der Waals surface area contributed by atoms with Gasteiger partial charge >= 0.3 is 0 Å². The van der Waals surface area contributed by atoms with Gasteiger partial charge in [-0.15, -0.1) is 5.10 Å². The first-order valence-corrected chi connectivity index (χ1v) is 7.28. The maximum absolute atomic E-state index is 12.6. The highest BCUT2D eigenvalue weighted by Crippen LogP contribution is 2.25. The van der Waals surface area contributed by atoms with E-state index in [2.05, 4.69) is 20.8 Å². The van der Waals surface area contributed by atoms with Crippen LogP contribution in [0, 0.1) is 0 Å². The lowest BCUT2D eigenvalue weighted by Crippen LogP contribution is -2.34. The highest BCUT2D eigenvalue weighted by Gasteiger charge is 2.29. The van der Waals surface area contributed by atoms with Crippen LogP contribution in [0.15, 0.2) is 60.9 Å². The molecule has 1 aromatic heterocycles. The number of anilines is 1. The van der Waals surface area contributed by atoms with Gasteiger partial charge in [-0.25, -0.2) is 4.68 Å². The van der Waals surface area contributed by atoms with E-state index < -0.39 is 5.41 Å². The van der Waals surface area contributed by atoms with E-state index in [1.165, 1.54) is 6.33 Å². The zero-order valence-corrected chi connectivity index (χ0v) is 13.0. The third kappa shape index (κ3) is 3.11. The van der Waals surface area contributed by atoms with Crippen molar-refractivity contribution in [3.63, 3.8) is 0 Å². The summed E-state index contributed by atoms with van der Waals surface area (Å²) in [6.45, 7) is 3.82. The summed E-state index contributed by atoms with van der Waals surface area (Å²) in [5, 5.41) is 14.0. The molecule has 0 atom stereocenters. The number of amides is 1. The molecule has 0 bridgehead atoms. The first kappa shape index (κ1) is 14.9. The van der Waals surface area contributed by atoms with Crippen LogP contribution in [0.3, 0.4) is 0 Å². The zero-order chi connectivity index (χ0) is 16.3. The Morgan fingerprint density at radius 1 is 1.04 bits per heavy atom. The summed E-state index contributed by atoms with van der Waals surface area (Å²) >= 11 is 0. The fourth-order valence-electron chi connectivity index (χ4n) is 2.25. The molecule has 0 unspecified atom stereocenters. The highest BCUT2D eigenvalue weighted by molar-refractivity contribution is 5.98. The maximum Gasteiger partial charge on any atom is 0.234 e. The molecule has 0 spiro atoms. The minimum absolute atomic E-state index is 0.0566. The van der Waals surface area contributed by atoms with E-state index >= 15 is 0 Å². The molecular weight excluding hydrogens is 290 g/mol. The van der Waals surface area contributed by atoms with Gasteiger partial charge in [0.05, 0.1) is 11.1 Å². The van der Waals surface area contributed by atoms with Crippen LogP contribution in [-0.4, -0.2) is 26.1 Å². The Bertz CT molecular complexity index is 780.